The molecule has 0 aromatic heterocycles. The second-order valence-electron chi connectivity index (χ2n) is 2.98. The molecule has 0 aliphatic rings. The van der Waals surface area contributed by atoms with E-state index in [1.807, 2.05) is 0 Å². The van der Waals surface area contributed by atoms with Gasteiger partial charge in [0.15, 0.2) is 0 Å². The van der Waals surface area contributed by atoms with E-state index in [1.165, 1.54) is 7.11 Å². The van der Waals surface area contributed by atoms with Crippen LogP contribution in [0.4, 0.5) is 4.79 Å². The zero-order valence-electron chi connectivity index (χ0n) is 7.92. The molecule has 0 aliphatic carbocycles. The van der Waals surface area contributed by atoms with Crippen LogP contribution in [0.2, 0.25) is 0 Å². The maximum absolute atomic E-state index is 10.6. The van der Waals surface area contributed by atoms with Crippen LogP contribution in [0.15, 0.2) is 0 Å². The Kier molecular flexibility index (Phi) is 6.47. The Morgan fingerprint density at radius 3 is 2.67 bits per heavy atom. The molecule has 0 fully saturated rings. The zero-order valence-corrected chi connectivity index (χ0v) is 7.92. The number of carbonyl (C=O) groups is 1. The minimum atomic E-state index is -0.527. The van der Waals surface area contributed by atoms with Crippen LogP contribution in [-0.4, -0.2) is 19.8 Å². The van der Waals surface area contributed by atoms with Crippen LogP contribution in [0.3, 0.4) is 0 Å². The molecule has 0 radical (unpaired) electrons. The minimum absolute atomic E-state index is 0.452. The van der Waals surface area contributed by atoms with Crippen molar-refractivity contribution < 1.29 is 14.4 Å². The molecule has 0 heterocycles. The molecule has 0 bridgehead atoms. The van der Waals surface area contributed by atoms with E-state index >= 15 is 0 Å². The second kappa shape index (κ2) is 6.91. The maximum Gasteiger partial charge on any atom is 0.431 e. The van der Waals surface area contributed by atoms with E-state index in [9.17, 15) is 4.79 Å². The number of nitrogens with one attached hydrogen (secondary N) is 1. The van der Waals surface area contributed by atoms with Crippen molar-refractivity contribution in [3.05, 3.63) is 0 Å². The van der Waals surface area contributed by atoms with Crippen LogP contribution in [0, 0.1) is 5.92 Å². The molecule has 12 heavy (non-hydrogen) atoms. The van der Waals surface area contributed by atoms with Crippen LogP contribution in [0.1, 0.15) is 26.7 Å². The first-order valence-electron chi connectivity index (χ1n) is 4.12. The van der Waals surface area contributed by atoms with Crippen LogP contribution in [0.25, 0.3) is 0 Å². The Bertz CT molecular complexity index is 125. The van der Waals surface area contributed by atoms with Gasteiger partial charge in [-0.25, -0.2) is 4.79 Å². The highest BCUT2D eigenvalue weighted by Gasteiger charge is 1.99. The highest BCUT2D eigenvalue weighted by molar-refractivity contribution is 5.65. The molecule has 0 aromatic carbocycles. The highest BCUT2D eigenvalue weighted by Crippen LogP contribution is 2.02. The van der Waals surface area contributed by atoms with Crippen LogP contribution < -0.4 is 5.48 Å². The summed E-state index contributed by atoms with van der Waals surface area (Å²) in [5.74, 6) is 0.652. The molecule has 0 unspecified atom stereocenters. The largest absolute Gasteiger partial charge is 0.448 e. The van der Waals surface area contributed by atoms with Gasteiger partial charge >= 0.3 is 6.09 Å². The third-order valence-corrected chi connectivity index (χ3v) is 1.34. The molecular weight excluding hydrogens is 158 g/mol. The molecule has 0 saturated heterocycles. The van der Waals surface area contributed by atoms with E-state index in [-0.39, 0.29) is 0 Å². The molecule has 0 aromatic rings. The lowest BCUT2D eigenvalue weighted by Crippen LogP contribution is -2.23. The number of ether oxygens (including phenoxy) is 1. The Hall–Kier alpha value is -0.770. The van der Waals surface area contributed by atoms with Gasteiger partial charge in [0, 0.05) is 0 Å². The number of hydrogen-bond donors (Lipinski definition) is 1. The van der Waals surface area contributed by atoms with Gasteiger partial charge in [0.2, 0.25) is 0 Å². The number of hydroxylamine groups is 1. The van der Waals surface area contributed by atoms with Crippen LogP contribution in [-0.2, 0) is 9.57 Å². The third kappa shape index (κ3) is 7.34. The average Bonchev–Trinajstić information content (AvgIpc) is 1.98. The molecule has 1 amide bonds. The van der Waals surface area contributed by atoms with Gasteiger partial charge in [0.25, 0.3) is 0 Å². The van der Waals surface area contributed by atoms with E-state index in [4.69, 9.17) is 4.74 Å². The fraction of sp³-hybridized carbons (Fsp3) is 0.875. The van der Waals surface area contributed by atoms with Crippen molar-refractivity contribution in [3.8, 4) is 0 Å². The summed E-state index contributed by atoms with van der Waals surface area (Å²) in [6.45, 7) is 4.72. The minimum Gasteiger partial charge on any atom is -0.448 e. The summed E-state index contributed by atoms with van der Waals surface area (Å²) >= 11 is 0. The van der Waals surface area contributed by atoms with E-state index < -0.39 is 6.09 Å². The first kappa shape index (κ1) is 11.2. The van der Waals surface area contributed by atoms with Gasteiger partial charge in [0.05, 0.1) is 13.7 Å². The first-order chi connectivity index (χ1) is 5.66. The normalized spacial score (nSPS) is 10.0. The summed E-state index contributed by atoms with van der Waals surface area (Å²) < 4.78 is 4.76. The van der Waals surface area contributed by atoms with Crippen molar-refractivity contribution in [2.75, 3.05) is 13.7 Å². The zero-order chi connectivity index (χ0) is 9.40. The molecule has 0 saturated carbocycles. The van der Waals surface area contributed by atoms with Crippen LogP contribution in [0.5, 0.6) is 0 Å². The van der Waals surface area contributed by atoms with Gasteiger partial charge in [-0.2, -0.15) is 5.48 Å². The summed E-state index contributed by atoms with van der Waals surface area (Å²) in [5, 5.41) is 0. The predicted molar refractivity (Wildman–Crippen MR) is 45.6 cm³/mol. The molecule has 4 heteroatoms. The van der Waals surface area contributed by atoms with Gasteiger partial charge in [-0.15, -0.1) is 0 Å². The summed E-state index contributed by atoms with van der Waals surface area (Å²) in [4.78, 5) is 15.0. The fourth-order valence-electron chi connectivity index (χ4n) is 0.769. The number of amides is 1. The van der Waals surface area contributed by atoms with Gasteiger partial charge in [-0.05, 0) is 18.8 Å². The van der Waals surface area contributed by atoms with Crippen molar-refractivity contribution in [1.82, 2.24) is 5.48 Å². The van der Waals surface area contributed by atoms with E-state index in [0.29, 0.717) is 12.5 Å². The number of rotatable bonds is 5. The lowest BCUT2D eigenvalue weighted by molar-refractivity contribution is 0.0575. The first-order valence-corrected chi connectivity index (χ1v) is 4.12. The summed E-state index contributed by atoms with van der Waals surface area (Å²) in [7, 11) is 1.37. The van der Waals surface area contributed by atoms with Crippen LogP contribution >= 0.6 is 0 Å². The lowest BCUT2D eigenvalue weighted by atomic mass is 10.1. The topological polar surface area (TPSA) is 47.6 Å². The Morgan fingerprint density at radius 2 is 2.17 bits per heavy atom. The fourth-order valence-corrected chi connectivity index (χ4v) is 0.769. The van der Waals surface area contributed by atoms with Crippen molar-refractivity contribution in [2.45, 2.75) is 26.7 Å². The summed E-state index contributed by atoms with van der Waals surface area (Å²) in [5.41, 5.74) is 2.07. The summed E-state index contributed by atoms with van der Waals surface area (Å²) in [6, 6.07) is 0. The van der Waals surface area contributed by atoms with Gasteiger partial charge in [-0.1, -0.05) is 13.8 Å². The van der Waals surface area contributed by atoms with E-state index in [1.54, 1.807) is 0 Å². The van der Waals surface area contributed by atoms with E-state index in [2.05, 4.69) is 24.2 Å². The molecule has 4 nitrogen and oxygen atoms in total. The highest BCUT2D eigenvalue weighted by atomic mass is 16.7. The number of hydrogen-bond acceptors (Lipinski definition) is 3. The Labute approximate surface area is 73.2 Å². The SMILES string of the molecule is CONC(=O)OCCCC(C)C. The molecule has 0 spiro atoms. The molecule has 1 N–H and O–H groups in total. The monoisotopic (exact) mass is 175 g/mol. The van der Waals surface area contributed by atoms with Gasteiger partial charge in [-0.3, -0.25) is 4.84 Å². The molecule has 0 aliphatic heterocycles. The molecule has 0 atom stereocenters. The Balaban J connectivity index is 3.14. The smallest absolute Gasteiger partial charge is 0.431 e. The van der Waals surface area contributed by atoms with Crippen molar-refractivity contribution >= 4 is 6.09 Å². The van der Waals surface area contributed by atoms with Crippen molar-refractivity contribution in [3.63, 3.8) is 0 Å². The van der Waals surface area contributed by atoms with Gasteiger partial charge < -0.3 is 4.74 Å². The predicted octanol–water partition coefficient (Wildman–Crippen LogP) is 1.71. The maximum atomic E-state index is 10.6. The van der Waals surface area contributed by atoms with Gasteiger partial charge in [0.1, 0.15) is 0 Å². The third-order valence-electron chi connectivity index (χ3n) is 1.34. The summed E-state index contributed by atoms with van der Waals surface area (Å²) in [6.07, 6.45) is 1.44. The second-order valence-corrected chi connectivity index (χ2v) is 2.98. The van der Waals surface area contributed by atoms with E-state index in [0.717, 1.165) is 12.8 Å². The van der Waals surface area contributed by atoms with Crippen molar-refractivity contribution in [2.24, 2.45) is 5.92 Å². The molecule has 0 rings (SSSR count). The molecule has 72 valence electrons. The lowest BCUT2D eigenvalue weighted by Gasteiger charge is -2.05. The quantitative estimate of drug-likeness (QED) is 0.511. The number of carbonyl (C=O) groups excluding carboxylic acids is 1. The average molecular weight is 175 g/mol. The van der Waals surface area contributed by atoms with Crippen molar-refractivity contribution in [1.29, 1.82) is 0 Å². The standard InChI is InChI=1S/C8H17NO3/c1-7(2)5-4-6-12-8(10)9-11-3/h7H,4-6H2,1-3H3,(H,9,10). The molecular formula is C8H17NO3. The Morgan fingerprint density at radius 1 is 1.50 bits per heavy atom.